The fourth-order valence-electron chi connectivity index (χ4n) is 4.06. The smallest absolute Gasteiger partial charge is 0.260 e. The van der Waals surface area contributed by atoms with Crippen molar-refractivity contribution in [3.63, 3.8) is 0 Å². The number of thiazole rings is 1. The van der Waals surface area contributed by atoms with Crippen molar-refractivity contribution in [1.29, 1.82) is 0 Å². The average Bonchev–Trinajstić information content (AvgIpc) is 3.36. The summed E-state index contributed by atoms with van der Waals surface area (Å²) < 4.78 is 1.06. The van der Waals surface area contributed by atoms with E-state index >= 15 is 0 Å². The fraction of sp³-hybridized carbons (Fsp3) is 0.100. The molecule has 0 bridgehead atoms. The van der Waals surface area contributed by atoms with E-state index in [4.69, 9.17) is 4.98 Å². The molecule has 0 aliphatic heterocycles. The number of hydrogen-bond donors (Lipinski definition) is 0. The molecule has 35 heavy (non-hydrogen) atoms. The van der Waals surface area contributed by atoms with Crippen LogP contribution in [0.15, 0.2) is 103 Å². The SMILES string of the molecule is CCc1cccc2sc(N(Cc3ccccc3)C(=O)c3ccc(C(=O)c4ccccc4)cc3)nc12. The molecular weight excluding hydrogens is 452 g/mol. The Kier molecular flexibility index (Phi) is 6.51. The Morgan fingerprint density at radius 2 is 1.37 bits per heavy atom. The first-order valence-electron chi connectivity index (χ1n) is 11.6. The van der Waals surface area contributed by atoms with E-state index < -0.39 is 0 Å². The molecule has 0 radical (unpaired) electrons. The van der Waals surface area contributed by atoms with Crippen LogP contribution in [0.2, 0.25) is 0 Å². The zero-order valence-electron chi connectivity index (χ0n) is 19.3. The van der Waals surface area contributed by atoms with E-state index in [-0.39, 0.29) is 11.7 Å². The van der Waals surface area contributed by atoms with Crippen molar-refractivity contribution in [2.24, 2.45) is 0 Å². The molecule has 5 rings (SSSR count). The van der Waals surface area contributed by atoms with Crippen LogP contribution < -0.4 is 4.90 Å². The van der Waals surface area contributed by atoms with E-state index in [9.17, 15) is 9.59 Å². The molecule has 0 atom stereocenters. The predicted octanol–water partition coefficient (Wildman–Crippen LogP) is 6.94. The number of ketones is 1. The summed E-state index contributed by atoms with van der Waals surface area (Å²) in [5.74, 6) is -0.214. The maximum atomic E-state index is 13.7. The highest BCUT2D eigenvalue weighted by atomic mass is 32.1. The number of benzene rings is 4. The predicted molar refractivity (Wildman–Crippen MR) is 142 cm³/mol. The van der Waals surface area contributed by atoms with Crippen LogP contribution in [0.4, 0.5) is 5.13 Å². The molecule has 0 saturated heterocycles. The van der Waals surface area contributed by atoms with Crippen LogP contribution in [0.25, 0.3) is 10.2 Å². The Labute approximate surface area is 208 Å². The summed E-state index contributed by atoms with van der Waals surface area (Å²) >= 11 is 1.52. The van der Waals surface area contributed by atoms with Crippen LogP contribution in [-0.4, -0.2) is 16.7 Å². The van der Waals surface area contributed by atoms with Crippen LogP contribution >= 0.6 is 11.3 Å². The molecule has 0 spiro atoms. The fourth-order valence-corrected chi connectivity index (χ4v) is 5.07. The van der Waals surface area contributed by atoms with Gasteiger partial charge in [-0.2, -0.15) is 0 Å². The van der Waals surface area contributed by atoms with Crippen molar-refractivity contribution < 1.29 is 9.59 Å². The first-order valence-corrected chi connectivity index (χ1v) is 12.4. The number of aromatic nitrogens is 1. The quantitative estimate of drug-likeness (QED) is 0.239. The molecular formula is C30H24N2O2S. The number of amides is 1. The van der Waals surface area contributed by atoms with Crippen LogP contribution in [0.1, 0.15) is 44.3 Å². The standard InChI is InChI=1S/C30H24N2O2S/c1-2-22-14-9-15-26-27(22)31-30(35-26)32(20-21-10-5-3-6-11-21)29(34)25-18-16-24(17-19-25)28(33)23-12-7-4-8-13-23/h3-19H,2,20H2,1H3. The second kappa shape index (κ2) is 10.0. The molecule has 4 nitrogen and oxygen atoms in total. The third-order valence-corrected chi connectivity index (χ3v) is 7.01. The molecule has 172 valence electrons. The van der Waals surface area contributed by atoms with Crippen molar-refractivity contribution >= 4 is 38.4 Å². The van der Waals surface area contributed by atoms with E-state index in [0.717, 1.165) is 22.2 Å². The third kappa shape index (κ3) is 4.77. The number of fused-ring (bicyclic) bond motifs is 1. The van der Waals surface area contributed by atoms with Gasteiger partial charge in [0.2, 0.25) is 0 Å². The molecule has 0 aliphatic rings. The van der Waals surface area contributed by atoms with Gasteiger partial charge in [-0.05, 0) is 35.7 Å². The summed E-state index contributed by atoms with van der Waals surface area (Å²) in [7, 11) is 0. The lowest BCUT2D eigenvalue weighted by molar-refractivity contribution is 0.0982. The summed E-state index contributed by atoms with van der Waals surface area (Å²) in [6, 6.07) is 32.1. The maximum Gasteiger partial charge on any atom is 0.260 e. The van der Waals surface area contributed by atoms with Gasteiger partial charge in [-0.1, -0.05) is 103 Å². The first-order chi connectivity index (χ1) is 17.1. The van der Waals surface area contributed by atoms with Crippen LogP contribution in [0.5, 0.6) is 0 Å². The number of carbonyl (C=O) groups is 2. The molecule has 0 fully saturated rings. The Hall–Kier alpha value is -4.09. The Bertz CT molecular complexity index is 1480. The number of aryl methyl sites for hydroxylation is 1. The number of anilines is 1. The lowest BCUT2D eigenvalue weighted by atomic mass is 10.0. The molecule has 5 heteroatoms. The zero-order chi connectivity index (χ0) is 24.2. The summed E-state index contributed by atoms with van der Waals surface area (Å²) in [6.07, 6.45) is 0.879. The number of nitrogens with zero attached hydrogens (tertiary/aromatic N) is 2. The van der Waals surface area contributed by atoms with E-state index in [0.29, 0.717) is 28.4 Å². The summed E-state index contributed by atoms with van der Waals surface area (Å²) in [6.45, 7) is 2.52. The van der Waals surface area contributed by atoms with Crippen molar-refractivity contribution in [2.75, 3.05) is 4.90 Å². The second-order valence-electron chi connectivity index (χ2n) is 8.26. The summed E-state index contributed by atoms with van der Waals surface area (Å²) in [5.41, 5.74) is 4.83. The lowest BCUT2D eigenvalue weighted by Crippen LogP contribution is -2.30. The minimum Gasteiger partial charge on any atom is -0.289 e. The van der Waals surface area contributed by atoms with Gasteiger partial charge in [0.05, 0.1) is 16.8 Å². The van der Waals surface area contributed by atoms with Crippen molar-refractivity contribution in [1.82, 2.24) is 4.98 Å². The van der Waals surface area contributed by atoms with Crippen molar-refractivity contribution in [3.05, 3.63) is 131 Å². The van der Waals surface area contributed by atoms with Crippen molar-refractivity contribution in [2.45, 2.75) is 19.9 Å². The highest BCUT2D eigenvalue weighted by Gasteiger charge is 2.23. The van der Waals surface area contributed by atoms with Gasteiger partial charge in [0.25, 0.3) is 5.91 Å². The van der Waals surface area contributed by atoms with Crippen LogP contribution in [0.3, 0.4) is 0 Å². The Morgan fingerprint density at radius 3 is 2.06 bits per heavy atom. The van der Waals surface area contributed by atoms with E-state index in [1.54, 1.807) is 41.3 Å². The van der Waals surface area contributed by atoms with Gasteiger partial charge in [-0.3, -0.25) is 14.5 Å². The number of rotatable bonds is 7. The number of hydrogen-bond acceptors (Lipinski definition) is 4. The van der Waals surface area contributed by atoms with Gasteiger partial charge in [-0.25, -0.2) is 4.98 Å². The first kappa shape index (κ1) is 22.7. The summed E-state index contributed by atoms with van der Waals surface area (Å²) in [4.78, 5) is 33.1. The molecule has 0 saturated carbocycles. The monoisotopic (exact) mass is 476 g/mol. The Balaban J connectivity index is 1.49. The van der Waals surface area contributed by atoms with E-state index in [2.05, 4.69) is 13.0 Å². The topological polar surface area (TPSA) is 50.3 Å². The maximum absolute atomic E-state index is 13.7. The van der Waals surface area contributed by atoms with Gasteiger partial charge in [0.1, 0.15) is 0 Å². The molecule has 5 aromatic rings. The molecule has 1 heterocycles. The van der Waals surface area contributed by atoms with Crippen LogP contribution in [0, 0.1) is 0 Å². The highest BCUT2D eigenvalue weighted by Crippen LogP contribution is 2.33. The number of para-hydroxylation sites is 1. The lowest BCUT2D eigenvalue weighted by Gasteiger charge is -2.20. The molecule has 1 amide bonds. The molecule has 1 aromatic heterocycles. The zero-order valence-corrected chi connectivity index (χ0v) is 20.2. The number of carbonyl (C=O) groups excluding carboxylic acids is 2. The van der Waals surface area contributed by atoms with Gasteiger partial charge in [0.15, 0.2) is 10.9 Å². The van der Waals surface area contributed by atoms with E-state index in [1.807, 2.05) is 60.7 Å². The molecule has 0 unspecified atom stereocenters. The highest BCUT2D eigenvalue weighted by molar-refractivity contribution is 7.22. The minimum absolute atomic E-state index is 0.0657. The van der Waals surface area contributed by atoms with Gasteiger partial charge < -0.3 is 0 Å². The average molecular weight is 477 g/mol. The molecule has 0 aliphatic carbocycles. The molecule has 4 aromatic carbocycles. The Morgan fingerprint density at radius 1 is 0.743 bits per heavy atom. The summed E-state index contributed by atoms with van der Waals surface area (Å²) in [5, 5.41) is 0.666. The minimum atomic E-state index is -0.148. The van der Waals surface area contributed by atoms with Gasteiger partial charge in [-0.15, -0.1) is 0 Å². The molecule has 0 N–H and O–H groups in total. The van der Waals surface area contributed by atoms with E-state index in [1.165, 1.54) is 16.9 Å². The normalized spacial score (nSPS) is 10.9. The van der Waals surface area contributed by atoms with Gasteiger partial charge in [0, 0.05) is 16.7 Å². The van der Waals surface area contributed by atoms with Gasteiger partial charge >= 0.3 is 0 Å². The van der Waals surface area contributed by atoms with Crippen molar-refractivity contribution in [3.8, 4) is 0 Å². The third-order valence-electron chi connectivity index (χ3n) is 5.96. The second-order valence-corrected chi connectivity index (χ2v) is 9.27. The largest absolute Gasteiger partial charge is 0.289 e. The van der Waals surface area contributed by atoms with Crippen LogP contribution in [-0.2, 0) is 13.0 Å².